The number of hydrogen-bond acceptors (Lipinski definition) is 12. The number of nitrogens with two attached hydrogens (primary N) is 2. The van der Waals surface area contributed by atoms with Gasteiger partial charge in [0.15, 0.2) is 0 Å². The second-order valence-electron chi connectivity index (χ2n) is 17.1. The third-order valence-corrected chi connectivity index (χ3v) is 13.9. The van der Waals surface area contributed by atoms with Crippen LogP contribution in [0.1, 0.15) is 68.0 Å². The first kappa shape index (κ1) is 45.0. The Labute approximate surface area is 420 Å². The summed E-state index contributed by atoms with van der Waals surface area (Å²) in [5, 5.41) is 33.8. The van der Waals surface area contributed by atoms with Crippen molar-refractivity contribution in [3.63, 3.8) is 0 Å². The summed E-state index contributed by atoms with van der Waals surface area (Å²) >= 11 is 25.1. The van der Waals surface area contributed by atoms with E-state index in [4.69, 9.17) is 57.9 Å². The zero-order valence-corrected chi connectivity index (χ0v) is 40.2. The van der Waals surface area contributed by atoms with Crippen LogP contribution in [0.4, 0.5) is 23.3 Å². The molecule has 0 radical (unpaired) electrons. The summed E-state index contributed by atoms with van der Waals surface area (Å²) in [5.74, 6) is 1.11. The number of nitrogens with zero attached hydrogens (tertiary/aromatic N) is 12. The van der Waals surface area contributed by atoms with Gasteiger partial charge >= 0.3 is 0 Å². The molecule has 12 rings (SSSR count). The molecule has 6 N–H and O–H groups in total. The highest BCUT2D eigenvalue weighted by molar-refractivity contribution is 6.31. The van der Waals surface area contributed by atoms with E-state index in [2.05, 4.69) is 63.8 Å². The van der Waals surface area contributed by atoms with Gasteiger partial charge in [0.2, 0.25) is 11.9 Å². The number of halogens is 4. The molecular weight excluding hydrogens is 966 g/mol. The summed E-state index contributed by atoms with van der Waals surface area (Å²) in [4.78, 5) is 8.68. The van der Waals surface area contributed by atoms with Gasteiger partial charge in [0.1, 0.15) is 23.2 Å². The van der Waals surface area contributed by atoms with Crippen molar-refractivity contribution >= 4 is 69.7 Å². The number of nitrogens with one attached hydrogen (secondary N) is 2. The smallest absolute Gasteiger partial charge is 0.248 e. The molecule has 70 heavy (non-hydrogen) atoms. The summed E-state index contributed by atoms with van der Waals surface area (Å²) in [6.07, 6.45) is 7.07. The molecule has 20 heteroatoms. The Morgan fingerprint density at radius 3 is 1.26 bits per heavy atom. The van der Waals surface area contributed by atoms with Crippen LogP contribution < -0.4 is 22.1 Å². The Balaban J connectivity index is 0.000000152. The van der Waals surface area contributed by atoms with E-state index in [-0.39, 0.29) is 12.1 Å². The zero-order chi connectivity index (χ0) is 48.3. The average molecular weight is 1010 g/mol. The molecule has 2 aliphatic heterocycles. The van der Waals surface area contributed by atoms with Gasteiger partial charge in [0.25, 0.3) is 0 Å². The number of hydrogen-bond donors (Lipinski definition) is 4. The Kier molecular flexibility index (Phi) is 11.5. The quantitative estimate of drug-likeness (QED) is 0.113. The third kappa shape index (κ3) is 7.74. The predicted molar refractivity (Wildman–Crippen MR) is 270 cm³/mol. The van der Waals surface area contributed by atoms with Gasteiger partial charge in [-0.15, -0.1) is 0 Å². The van der Waals surface area contributed by atoms with Crippen molar-refractivity contribution in [3.05, 3.63) is 234 Å². The maximum absolute atomic E-state index is 7.28. The number of aryl methyl sites for hydroxylation is 2. The largest absolute Gasteiger partial charge is 0.336 e. The first-order valence-electron chi connectivity index (χ1n) is 21.8. The molecule has 0 aliphatic carbocycles. The Bertz CT molecular complexity index is 3320. The van der Waals surface area contributed by atoms with Crippen LogP contribution in [0.3, 0.4) is 0 Å². The van der Waals surface area contributed by atoms with Crippen molar-refractivity contribution in [1.82, 2.24) is 59.5 Å². The van der Waals surface area contributed by atoms with Crippen LogP contribution in [0, 0.1) is 0 Å². The minimum atomic E-state index is -0.995. The average Bonchev–Trinajstić information content (AvgIpc) is 4.21. The molecule has 2 unspecified atom stereocenters. The van der Waals surface area contributed by atoms with E-state index < -0.39 is 11.1 Å². The minimum absolute atomic E-state index is 0.295. The van der Waals surface area contributed by atoms with E-state index in [1.54, 1.807) is 34.4 Å². The van der Waals surface area contributed by atoms with Crippen molar-refractivity contribution in [2.75, 3.05) is 10.6 Å². The van der Waals surface area contributed by atoms with Crippen LogP contribution in [0.25, 0.3) is 0 Å². The van der Waals surface area contributed by atoms with E-state index in [1.807, 2.05) is 145 Å². The maximum atomic E-state index is 7.28. The van der Waals surface area contributed by atoms with E-state index in [1.165, 1.54) is 0 Å². The van der Waals surface area contributed by atoms with Gasteiger partial charge < -0.3 is 31.2 Å². The molecule has 10 aromatic rings. The van der Waals surface area contributed by atoms with Crippen molar-refractivity contribution in [1.29, 1.82) is 0 Å². The second-order valence-corrected chi connectivity index (χ2v) is 18.8. The lowest BCUT2D eigenvalue weighted by Gasteiger charge is -2.34. The fourth-order valence-corrected chi connectivity index (χ4v) is 10.2. The Morgan fingerprint density at radius 2 is 0.886 bits per heavy atom. The van der Waals surface area contributed by atoms with Gasteiger partial charge in [-0.2, -0.15) is 9.36 Å². The standard InChI is InChI=1S/2C25H20Cl2N8/c2*1-34-14-29-13-22(34)25(28,16-5-8-18(26)9-6-16)17-7-10-21-20(12-17)23(15-3-2-4-19(27)11-15)35-24(30-21)31-32-33-35/h2*2-14,23H,28H2,1H3,(H,30,31,33)/t2*23?,25-/m00/s1. The van der Waals surface area contributed by atoms with E-state index in [9.17, 15) is 0 Å². The first-order chi connectivity index (χ1) is 33.9. The van der Waals surface area contributed by atoms with Crippen LogP contribution in [0.5, 0.6) is 0 Å². The fraction of sp³-hybridized carbons (Fsp3) is 0.120. The van der Waals surface area contributed by atoms with Crippen molar-refractivity contribution < 1.29 is 0 Å². The summed E-state index contributed by atoms with van der Waals surface area (Å²) in [5.41, 5.74) is 23.4. The number of imidazole rings is 2. The molecule has 2 aliphatic rings. The number of tetrazole rings is 2. The molecule has 0 amide bonds. The van der Waals surface area contributed by atoms with Gasteiger partial charge in [-0.05, 0) is 127 Å². The molecule has 348 valence electrons. The summed E-state index contributed by atoms with van der Waals surface area (Å²) in [6.45, 7) is 0. The molecular formula is C50H40Cl4N16. The van der Waals surface area contributed by atoms with E-state index in [0.29, 0.717) is 32.0 Å². The van der Waals surface area contributed by atoms with Gasteiger partial charge in [-0.3, -0.25) is 0 Å². The van der Waals surface area contributed by atoms with Gasteiger partial charge in [0.05, 0.1) is 36.4 Å². The normalized spacial score (nSPS) is 16.2. The Hall–Kier alpha value is -7.44. The van der Waals surface area contributed by atoms with Gasteiger partial charge in [-0.1, -0.05) is 117 Å². The molecule has 4 atom stereocenters. The van der Waals surface area contributed by atoms with E-state index in [0.717, 1.165) is 67.3 Å². The molecule has 0 bridgehead atoms. The first-order valence-corrected chi connectivity index (χ1v) is 23.3. The number of aromatic nitrogens is 12. The van der Waals surface area contributed by atoms with Crippen molar-refractivity contribution in [2.24, 2.45) is 25.6 Å². The molecule has 6 aromatic carbocycles. The monoisotopic (exact) mass is 1000 g/mol. The molecule has 0 saturated carbocycles. The molecule has 0 fully saturated rings. The van der Waals surface area contributed by atoms with Crippen LogP contribution in [-0.4, -0.2) is 59.5 Å². The summed E-state index contributed by atoms with van der Waals surface area (Å²) in [6, 6.07) is 42.2. The highest BCUT2D eigenvalue weighted by Crippen LogP contribution is 2.45. The van der Waals surface area contributed by atoms with Crippen LogP contribution >= 0.6 is 46.4 Å². The highest BCUT2D eigenvalue weighted by Gasteiger charge is 2.39. The molecule has 0 spiro atoms. The maximum Gasteiger partial charge on any atom is 0.248 e. The SMILES string of the molecule is Cn1cncc1[C@](N)(c1ccc(Cl)cc1)c1ccc2c(c1)C(c1cccc(Cl)c1)n1nnnc1N2.Cn1cncc1[C@](N)(c1ccc(Cl)cc1)c1ccc2c(c1)C(c1cccc(Cl)c1)n1nnnc1N2. The lowest BCUT2D eigenvalue weighted by Crippen LogP contribution is -2.41. The van der Waals surface area contributed by atoms with E-state index >= 15 is 0 Å². The zero-order valence-electron chi connectivity index (χ0n) is 37.2. The lowest BCUT2D eigenvalue weighted by molar-refractivity contribution is 0.563. The molecule has 4 aromatic heterocycles. The number of benzene rings is 6. The van der Waals surface area contributed by atoms with Crippen LogP contribution in [0.2, 0.25) is 20.1 Å². The highest BCUT2D eigenvalue weighted by atomic mass is 35.5. The molecule has 6 heterocycles. The predicted octanol–water partition coefficient (Wildman–Crippen LogP) is 9.32. The molecule has 0 saturated heterocycles. The van der Waals surface area contributed by atoms with Gasteiger partial charge in [0, 0.05) is 56.7 Å². The number of anilines is 4. The fourth-order valence-electron chi connectivity index (χ4n) is 9.52. The third-order valence-electron chi connectivity index (χ3n) is 12.9. The second kappa shape index (κ2) is 17.8. The summed E-state index contributed by atoms with van der Waals surface area (Å²) < 4.78 is 7.37. The van der Waals surface area contributed by atoms with Crippen molar-refractivity contribution in [2.45, 2.75) is 23.2 Å². The van der Waals surface area contributed by atoms with Gasteiger partial charge in [-0.25, -0.2) is 9.97 Å². The number of rotatable bonds is 8. The van der Waals surface area contributed by atoms with Crippen molar-refractivity contribution in [3.8, 4) is 0 Å². The molecule has 16 nitrogen and oxygen atoms in total. The van der Waals surface area contributed by atoms with Crippen LogP contribution in [-0.2, 0) is 25.2 Å². The number of fused-ring (bicyclic) bond motifs is 4. The van der Waals surface area contributed by atoms with Crippen LogP contribution in [0.15, 0.2) is 159 Å². The lowest BCUT2D eigenvalue weighted by atomic mass is 9.79. The topological polar surface area (TPSA) is 199 Å². The Morgan fingerprint density at radius 1 is 0.486 bits per heavy atom. The minimum Gasteiger partial charge on any atom is -0.336 e. The summed E-state index contributed by atoms with van der Waals surface area (Å²) in [7, 11) is 3.86.